The lowest BCUT2D eigenvalue weighted by Gasteiger charge is -2.08. The maximum Gasteiger partial charge on any atom is 0.306 e. The lowest BCUT2D eigenvalue weighted by molar-refractivity contribution is -0.142. The van der Waals surface area contributed by atoms with Crippen molar-refractivity contribution in [2.75, 3.05) is 0 Å². The van der Waals surface area contributed by atoms with Crippen molar-refractivity contribution in [3.8, 4) is 0 Å². The van der Waals surface area contributed by atoms with E-state index in [1.165, 1.54) is 103 Å². The quantitative estimate of drug-likeness (QED) is 0.132. The van der Waals surface area contributed by atoms with Crippen molar-refractivity contribution in [1.29, 1.82) is 0 Å². The van der Waals surface area contributed by atoms with Crippen molar-refractivity contribution >= 4 is 5.97 Å². The van der Waals surface area contributed by atoms with Gasteiger partial charge in [-0.2, -0.15) is 0 Å². The molecule has 30 heavy (non-hydrogen) atoms. The Morgan fingerprint density at radius 1 is 0.633 bits per heavy atom. The number of rotatable bonds is 23. The van der Waals surface area contributed by atoms with E-state index in [0.29, 0.717) is 0 Å². The standard InChI is InChI=1S/C28H52O2/c1-3-5-6-7-8-9-10-11-12-13-14-15-16-17-18-19-20-21-22-23-24-25-26-27(4-2)28(29)30/h5-8,27H,3-4,9-26H2,1-2H3,(H,29,30)/b6-5+,8-7+. The van der Waals surface area contributed by atoms with Gasteiger partial charge in [0.25, 0.3) is 0 Å². The zero-order valence-corrected chi connectivity index (χ0v) is 20.4. The molecule has 0 amide bonds. The van der Waals surface area contributed by atoms with Gasteiger partial charge in [0.15, 0.2) is 0 Å². The van der Waals surface area contributed by atoms with Gasteiger partial charge in [0.2, 0.25) is 0 Å². The van der Waals surface area contributed by atoms with Crippen LogP contribution in [0.1, 0.15) is 142 Å². The van der Waals surface area contributed by atoms with Crippen LogP contribution in [-0.4, -0.2) is 11.1 Å². The van der Waals surface area contributed by atoms with Gasteiger partial charge in [0.1, 0.15) is 0 Å². The summed E-state index contributed by atoms with van der Waals surface area (Å²) in [5.41, 5.74) is 0. The van der Waals surface area contributed by atoms with Crippen molar-refractivity contribution in [3.05, 3.63) is 24.3 Å². The molecule has 1 atom stereocenters. The van der Waals surface area contributed by atoms with Crippen LogP contribution in [-0.2, 0) is 4.79 Å². The first-order valence-electron chi connectivity index (χ1n) is 13.3. The second-order valence-corrected chi connectivity index (χ2v) is 8.94. The average molecular weight is 421 g/mol. The molecule has 0 aromatic rings. The van der Waals surface area contributed by atoms with Crippen LogP contribution < -0.4 is 0 Å². The Labute approximate surface area is 188 Å². The highest BCUT2D eigenvalue weighted by Crippen LogP contribution is 2.17. The molecule has 0 saturated heterocycles. The fourth-order valence-corrected chi connectivity index (χ4v) is 4.02. The number of hydrogen-bond donors (Lipinski definition) is 1. The Morgan fingerprint density at radius 3 is 1.43 bits per heavy atom. The van der Waals surface area contributed by atoms with Crippen LogP contribution in [0.2, 0.25) is 0 Å². The maximum absolute atomic E-state index is 11.0. The van der Waals surface area contributed by atoms with E-state index in [-0.39, 0.29) is 5.92 Å². The van der Waals surface area contributed by atoms with E-state index in [2.05, 4.69) is 31.2 Å². The van der Waals surface area contributed by atoms with Gasteiger partial charge in [0.05, 0.1) is 5.92 Å². The van der Waals surface area contributed by atoms with Gasteiger partial charge in [-0.05, 0) is 32.1 Å². The molecule has 0 aromatic heterocycles. The zero-order chi connectivity index (χ0) is 22.1. The minimum Gasteiger partial charge on any atom is -0.481 e. The number of carboxylic acid groups (broad SMARTS) is 1. The molecular formula is C28H52O2. The highest BCUT2D eigenvalue weighted by atomic mass is 16.4. The molecule has 0 aliphatic carbocycles. The van der Waals surface area contributed by atoms with Crippen LogP contribution in [0, 0.1) is 5.92 Å². The molecule has 2 nitrogen and oxygen atoms in total. The second-order valence-electron chi connectivity index (χ2n) is 8.94. The van der Waals surface area contributed by atoms with E-state index in [9.17, 15) is 4.79 Å². The molecule has 0 aliphatic rings. The zero-order valence-electron chi connectivity index (χ0n) is 20.4. The van der Waals surface area contributed by atoms with Crippen molar-refractivity contribution in [1.82, 2.24) is 0 Å². The molecule has 1 unspecified atom stereocenters. The molecule has 0 fully saturated rings. The predicted molar refractivity (Wildman–Crippen MR) is 133 cm³/mol. The van der Waals surface area contributed by atoms with Gasteiger partial charge in [-0.25, -0.2) is 0 Å². The largest absolute Gasteiger partial charge is 0.481 e. The summed E-state index contributed by atoms with van der Waals surface area (Å²) in [4.78, 5) is 11.0. The molecule has 0 aliphatic heterocycles. The van der Waals surface area contributed by atoms with E-state index in [1.807, 2.05) is 6.92 Å². The summed E-state index contributed by atoms with van der Waals surface area (Å²) < 4.78 is 0. The summed E-state index contributed by atoms with van der Waals surface area (Å²) >= 11 is 0. The molecule has 0 radical (unpaired) electrons. The van der Waals surface area contributed by atoms with Gasteiger partial charge in [-0.3, -0.25) is 4.79 Å². The van der Waals surface area contributed by atoms with E-state index in [1.54, 1.807) is 0 Å². The average Bonchev–Trinajstić information content (AvgIpc) is 2.74. The van der Waals surface area contributed by atoms with E-state index in [4.69, 9.17) is 5.11 Å². The normalized spacial score (nSPS) is 12.9. The third-order valence-electron chi connectivity index (χ3n) is 6.13. The van der Waals surface area contributed by atoms with Gasteiger partial charge in [-0.1, -0.05) is 134 Å². The SMILES string of the molecule is CC/C=C/C=C/CCCCCCCCCCCCCCCCCCC(CC)C(=O)O. The Balaban J connectivity index is 3.15. The van der Waals surface area contributed by atoms with Gasteiger partial charge in [-0.15, -0.1) is 0 Å². The maximum atomic E-state index is 11.0. The predicted octanol–water partition coefficient (Wildman–Crippen LogP) is 9.64. The summed E-state index contributed by atoms with van der Waals surface area (Å²) in [7, 11) is 0. The summed E-state index contributed by atoms with van der Waals surface area (Å²) in [6, 6.07) is 0. The third-order valence-corrected chi connectivity index (χ3v) is 6.13. The molecule has 2 heteroatoms. The van der Waals surface area contributed by atoms with Crippen molar-refractivity contribution in [2.45, 2.75) is 142 Å². The van der Waals surface area contributed by atoms with Crippen LogP contribution in [0.15, 0.2) is 24.3 Å². The first-order chi connectivity index (χ1) is 14.7. The Bertz CT molecular complexity index is 411. The smallest absolute Gasteiger partial charge is 0.306 e. The van der Waals surface area contributed by atoms with Crippen LogP contribution in [0.4, 0.5) is 0 Å². The number of carboxylic acids is 1. The van der Waals surface area contributed by atoms with Crippen molar-refractivity contribution in [2.24, 2.45) is 5.92 Å². The topological polar surface area (TPSA) is 37.3 Å². The molecule has 0 saturated carbocycles. The van der Waals surface area contributed by atoms with Gasteiger partial charge < -0.3 is 5.11 Å². The minimum atomic E-state index is -0.614. The van der Waals surface area contributed by atoms with Crippen molar-refractivity contribution < 1.29 is 9.90 Å². The molecule has 0 rings (SSSR count). The first kappa shape index (κ1) is 28.9. The Morgan fingerprint density at radius 2 is 1.03 bits per heavy atom. The second kappa shape index (κ2) is 24.2. The molecular weight excluding hydrogens is 368 g/mol. The molecule has 0 heterocycles. The number of hydrogen-bond acceptors (Lipinski definition) is 1. The van der Waals surface area contributed by atoms with Gasteiger partial charge in [0, 0.05) is 0 Å². The molecule has 0 bridgehead atoms. The van der Waals surface area contributed by atoms with E-state index in [0.717, 1.165) is 25.7 Å². The highest BCUT2D eigenvalue weighted by molar-refractivity contribution is 5.69. The van der Waals surface area contributed by atoms with Crippen LogP contribution in [0.5, 0.6) is 0 Å². The Hall–Kier alpha value is -1.05. The number of carbonyl (C=O) groups is 1. The fraction of sp³-hybridized carbons (Fsp3) is 0.821. The molecule has 176 valence electrons. The van der Waals surface area contributed by atoms with Crippen LogP contribution in [0.25, 0.3) is 0 Å². The summed E-state index contributed by atoms with van der Waals surface area (Å²) in [5.74, 6) is -0.734. The fourth-order valence-electron chi connectivity index (χ4n) is 4.02. The molecule has 0 aromatic carbocycles. The first-order valence-corrected chi connectivity index (χ1v) is 13.3. The lowest BCUT2D eigenvalue weighted by atomic mass is 9.98. The monoisotopic (exact) mass is 420 g/mol. The summed E-state index contributed by atoms with van der Waals surface area (Å²) in [6.45, 7) is 4.15. The lowest BCUT2D eigenvalue weighted by Crippen LogP contribution is -2.12. The number of unbranched alkanes of at least 4 members (excludes halogenated alkanes) is 16. The third kappa shape index (κ3) is 21.7. The van der Waals surface area contributed by atoms with Crippen LogP contribution in [0.3, 0.4) is 0 Å². The van der Waals surface area contributed by atoms with Gasteiger partial charge >= 0.3 is 5.97 Å². The summed E-state index contributed by atoms with van der Waals surface area (Å²) in [5, 5.41) is 9.04. The Kier molecular flexibility index (Phi) is 23.4. The highest BCUT2D eigenvalue weighted by Gasteiger charge is 2.13. The van der Waals surface area contributed by atoms with Crippen molar-refractivity contribution in [3.63, 3.8) is 0 Å². The molecule has 1 N–H and O–H groups in total. The van der Waals surface area contributed by atoms with Crippen LogP contribution >= 0.6 is 0 Å². The van der Waals surface area contributed by atoms with E-state index < -0.39 is 5.97 Å². The minimum absolute atomic E-state index is 0.120. The number of aliphatic carboxylic acids is 1. The van der Waals surface area contributed by atoms with E-state index >= 15 is 0 Å². The summed E-state index contributed by atoms with van der Waals surface area (Å²) in [6.07, 6.45) is 34.6. The molecule has 0 spiro atoms. The number of allylic oxidation sites excluding steroid dienone is 4.